The number of amides is 1. The van der Waals surface area contributed by atoms with Crippen molar-refractivity contribution in [2.45, 2.75) is 57.3 Å². The summed E-state index contributed by atoms with van der Waals surface area (Å²) in [6, 6.07) is 17.8. The number of aliphatic carboxylic acids is 1. The van der Waals surface area contributed by atoms with Crippen LogP contribution in [0.25, 0.3) is 0 Å². The number of hydrogen-bond donors (Lipinski definition) is 2. The van der Waals surface area contributed by atoms with Crippen LogP contribution in [0.1, 0.15) is 44.2 Å². The standard InChI is InChI=1S/C24H33NO4Si/c1-24(2,3)30(4,5)29-17-16-20(23(27)28)25-22(26)21(18-12-8-6-9-13-18)19-14-10-7-11-15-19/h6-15,20-21H,16-17H2,1-5H3,(H,25,26)(H,27,28)/t20-/m1/s1. The molecule has 0 spiro atoms. The van der Waals surface area contributed by atoms with Gasteiger partial charge in [0.05, 0.1) is 5.92 Å². The van der Waals surface area contributed by atoms with Crippen LogP contribution >= 0.6 is 0 Å². The van der Waals surface area contributed by atoms with Gasteiger partial charge in [-0.25, -0.2) is 4.79 Å². The second-order valence-corrected chi connectivity index (χ2v) is 13.9. The molecule has 0 aliphatic rings. The molecule has 162 valence electrons. The molecule has 0 aliphatic heterocycles. The number of hydrogen-bond acceptors (Lipinski definition) is 3. The van der Waals surface area contributed by atoms with Crippen LogP contribution in [-0.2, 0) is 14.0 Å². The van der Waals surface area contributed by atoms with Crippen LogP contribution in [0.5, 0.6) is 0 Å². The predicted octanol–water partition coefficient (Wildman–Crippen LogP) is 4.80. The highest BCUT2D eigenvalue weighted by molar-refractivity contribution is 6.74. The fraction of sp³-hybridized carbons (Fsp3) is 0.417. The summed E-state index contributed by atoms with van der Waals surface area (Å²) in [4.78, 5) is 25.0. The van der Waals surface area contributed by atoms with Crippen LogP contribution in [0.3, 0.4) is 0 Å². The van der Waals surface area contributed by atoms with E-state index in [1.54, 1.807) is 0 Å². The van der Waals surface area contributed by atoms with Crippen molar-refractivity contribution in [2.24, 2.45) is 0 Å². The van der Waals surface area contributed by atoms with Crippen LogP contribution in [0.15, 0.2) is 60.7 Å². The molecule has 0 saturated carbocycles. The van der Waals surface area contributed by atoms with Gasteiger partial charge in [0, 0.05) is 13.0 Å². The second-order valence-electron chi connectivity index (χ2n) is 9.05. The Hall–Kier alpha value is -2.44. The van der Waals surface area contributed by atoms with E-state index >= 15 is 0 Å². The number of carboxylic acid groups (broad SMARTS) is 1. The van der Waals surface area contributed by atoms with Crippen molar-refractivity contribution in [1.82, 2.24) is 5.32 Å². The van der Waals surface area contributed by atoms with E-state index in [9.17, 15) is 14.7 Å². The molecule has 1 atom stereocenters. The first-order valence-corrected chi connectivity index (χ1v) is 13.2. The predicted molar refractivity (Wildman–Crippen MR) is 122 cm³/mol. The Labute approximate surface area is 180 Å². The number of carbonyl (C=O) groups is 2. The third-order valence-electron chi connectivity index (χ3n) is 5.82. The largest absolute Gasteiger partial charge is 0.480 e. The Bertz CT molecular complexity index is 792. The average molecular weight is 428 g/mol. The fourth-order valence-electron chi connectivity index (χ4n) is 2.95. The Balaban J connectivity index is 2.14. The number of carboxylic acids is 1. The minimum atomic E-state index is -1.98. The van der Waals surface area contributed by atoms with Gasteiger partial charge in [0.1, 0.15) is 6.04 Å². The zero-order valence-corrected chi connectivity index (χ0v) is 19.5. The summed E-state index contributed by atoms with van der Waals surface area (Å²) in [6.45, 7) is 11.0. The molecular weight excluding hydrogens is 394 g/mol. The normalized spacial score (nSPS) is 13.1. The van der Waals surface area contributed by atoms with Gasteiger partial charge in [0.15, 0.2) is 8.32 Å². The molecule has 0 fully saturated rings. The number of rotatable bonds is 9. The third-order valence-corrected chi connectivity index (χ3v) is 10.4. The quantitative estimate of drug-likeness (QED) is 0.564. The van der Waals surface area contributed by atoms with Crippen LogP contribution in [-0.4, -0.2) is 37.9 Å². The molecule has 0 unspecified atom stereocenters. The highest BCUT2D eigenvalue weighted by Crippen LogP contribution is 2.36. The van der Waals surface area contributed by atoms with Gasteiger partial charge in [-0.15, -0.1) is 0 Å². The van der Waals surface area contributed by atoms with Gasteiger partial charge in [0.25, 0.3) is 0 Å². The molecule has 0 aliphatic carbocycles. The highest BCUT2D eigenvalue weighted by Gasteiger charge is 2.37. The first kappa shape index (κ1) is 23.8. The maximum Gasteiger partial charge on any atom is 0.326 e. The molecule has 0 radical (unpaired) electrons. The van der Waals surface area contributed by atoms with Gasteiger partial charge >= 0.3 is 5.97 Å². The van der Waals surface area contributed by atoms with Crippen molar-refractivity contribution in [1.29, 1.82) is 0 Å². The van der Waals surface area contributed by atoms with Crippen molar-refractivity contribution < 1.29 is 19.1 Å². The molecule has 30 heavy (non-hydrogen) atoms. The van der Waals surface area contributed by atoms with Crippen LogP contribution in [0, 0.1) is 0 Å². The molecule has 2 aromatic carbocycles. The van der Waals surface area contributed by atoms with E-state index in [0.717, 1.165) is 11.1 Å². The molecule has 0 bridgehead atoms. The summed E-state index contributed by atoms with van der Waals surface area (Å²) in [5.41, 5.74) is 1.64. The smallest absolute Gasteiger partial charge is 0.326 e. The van der Waals surface area contributed by atoms with Crippen molar-refractivity contribution in [2.75, 3.05) is 6.61 Å². The molecule has 0 saturated heterocycles. The molecule has 1 amide bonds. The minimum Gasteiger partial charge on any atom is -0.480 e. The van der Waals surface area contributed by atoms with Crippen LogP contribution < -0.4 is 5.32 Å². The first-order chi connectivity index (χ1) is 14.0. The summed E-state index contributed by atoms with van der Waals surface area (Å²) < 4.78 is 6.11. The van der Waals surface area contributed by atoms with E-state index in [4.69, 9.17) is 4.43 Å². The molecule has 6 heteroatoms. The molecule has 0 heterocycles. The third kappa shape index (κ3) is 6.28. The number of nitrogens with one attached hydrogen (secondary N) is 1. The summed E-state index contributed by atoms with van der Waals surface area (Å²) in [6.07, 6.45) is 0.226. The summed E-state index contributed by atoms with van der Waals surface area (Å²) in [5, 5.41) is 12.5. The van der Waals surface area contributed by atoms with E-state index in [1.807, 2.05) is 60.7 Å². The summed E-state index contributed by atoms with van der Waals surface area (Å²) in [7, 11) is -1.98. The van der Waals surface area contributed by atoms with Gasteiger partial charge in [-0.3, -0.25) is 4.79 Å². The zero-order chi connectivity index (χ0) is 22.4. The van der Waals surface area contributed by atoms with Crippen LogP contribution in [0.2, 0.25) is 18.1 Å². The van der Waals surface area contributed by atoms with E-state index in [0.29, 0.717) is 6.61 Å². The average Bonchev–Trinajstić information content (AvgIpc) is 2.68. The number of benzene rings is 2. The summed E-state index contributed by atoms with van der Waals surface area (Å²) >= 11 is 0. The fourth-order valence-corrected chi connectivity index (χ4v) is 4.01. The van der Waals surface area contributed by atoms with E-state index in [-0.39, 0.29) is 17.4 Å². The highest BCUT2D eigenvalue weighted by atomic mass is 28.4. The van der Waals surface area contributed by atoms with Gasteiger partial charge in [-0.1, -0.05) is 81.4 Å². The van der Waals surface area contributed by atoms with Crippen molar-refractivity contribution in [3.05, 3.63) is 71.8 Å². The maximum absolute atomic E-state index is 13.2. The zero-order valence-electron chi connectivity index (χ0n) is 18.5. The Morgan fingerprint density at radius 1 is 0.967 bits per heavy atom. The second kappa shape index (κ2) is 10.0. The molecular formula is C24H33NO4Si. The molecule has 5 nitrogen and oxygen atoms in total. The van der Waals surface area contributed by atoms with Crippen molar-refractivity contribution in [3.63, 3.8) is 0 Å². The monoisotopic (exact) mass is 427 g/mol. The van der Waals surface area contributed by atoms with Gasteiger partial charge in [-0.2, -0.15) is 0 Å². The van der Waals surface area contributed by atoms with Gasteiger partial charge in [-0.05, 0) is 29.3 Å². The Morgan fingerprint density at radius 3 is 1.83 bits per heavy atom. The Morgan fingerprint density at radius 2 is 1.43 bits per heavy atom. The van der Waals surface area contributed by atoms with Crippen LogP contribution in [0.4, 0.5) is 0 Å². The molecule has 2 N–H and O–H groups in total. The van der Waals surface area contributed by atoms with Crippen molar-refractivity contribution >= 4 is 20.2 Å². The lowest BCUT2D eigenvalue weighted by atomic mass is 9.90. The molecule has 0 aromatic heterocycles. The maximum atomic E-state index is 13.2. The minimum absolute atomic E-state index is 0.0423. The van der Waals surface area contributed by atoms with E-state index < -0.39 is 26.2 Å². The van der Waals surface area contributed by atoms with E-state index in [2.05, 4.69) is 39.2 Å². The Kier molecular flexibility index (Phi) is 7.98. The van der Waals surface area contributed by atoms with E-state index in [1.165, 1.54) is 0 Å². The lowest BCUT2D eigenvalue weighted by molar-refractivity contribution is -0.142. The van der Waals surface area contributed by atoms with Crippen molar-refractivity contribution in [3.8, 4) is 0 Å². The topological polar surface area (TPSA) is 75.6 Å². The first-order valence-electron chi connectivity index (χ1n) is 10.3. The lowest BCUT2D eigenvalue weighted by Crippen LogP contribution is -2.46. The molecule has 2 rings (SSSR count). The van der Waals surface area contributed by atoms with Gasteiger partial charge in [0.2, 0.25) is 5.91 Å². The molecule has 2 aromatic rings. The summed E-state index contributed by atoms with van der Waals surface area (Å²) in [5.74, 6) is -1.95. The van der Waals surface area contributed by atoms with Gasteiger partial charge < -0.3 is 14.8 Å². The number of carbonyl (C=O) groups excluding carboxylic acids is 1. The lowest BCUT2D eigenvalue weighted by Gasteiger charge is -2.36. The SMILES string of the molecule is CC(C)(C)[Si](C)(C)OCC[C@@H](NC(=O)C(c1ccccc1)c1ccccc1)C(=O)O.